The minimum absolute atomic E-state index is 0.531. The molecule has 0 saturated heterocycles. The predicted octanol–water partition coefficient (Wildman–Crippen LogP) is 0.486. The molecule has 0 aliphatic heterocycles. The lowest BCUT2D eigenvalue weighted by atomic mass is 10.3. The minimum Gasteiger partial charge on any atom is -0.350 e. The lowest BCUT2D eigenvalue weighted by Crippen LogP contribution is -2.46. The van der Waals surface area contributed by atoms with Gasteiger partial charge in [-0.15, -0.1) is 0 Å². The van der Waals surface area contributed by atoms with Crippen LogP contribution in [0.1, 0.15) is 0 Å². The molecule has 0 saturated carbocycles. The SMILES string of the molecule is CN(C(N)=O)N([C]=O)c1ccccc1. The quantitative estimate of drug-likeness (QED) is 0.559. The first-order chi connectivity index (χ1) is 6.66. The van der Waals surface area contributed by atoms with Crippen molar-refractivity contribution in [3.05, 3.63) is 30.3 Å². The highest BCUT2D eigenvalue weighted by Crippen LogP contribution is 2.12. The summed E-state index contributed by atoms with van der Waals surface area (Å²) in [5.41, 5.74) is 5.55. The second-order valence-electron chi connectivity index (χ2n) is 2.60. The summed E-state index contributed by atoms with van der Waals surface area (Å²) in [7, 11) is 1.39. The number of rotatable bonds is 3. The van der Waals surface area contributed by atoms with E-state index in [2.05, 4.69) is 0 Å². The third-order valence-electron chi connectivity index (χ3n) is 1.71. The third-order valence-corrected chi connectivity index (χ3v) is 1.71. The first-order valence-electron chi connectivity index (χ1n) is 3.93. The van der Waals surface area contributed by atoms with E-state index in [1.54, 1.807) is 36.7 Å². The predicted molar refractivity (Wildman–Crippen MR) is 52.0 cm³/mol. The lowest BCUT2D eigenvalue weighted by Gasteiger charge is -2.25. The Hall–Kier alpha value is -2.04. The molecule has 0 unspecified atom stereocenters. The summed E-state index contributed by atoms with van der Waals surface area (Å²) in [4.78, 5) is 21.4. The average molecular weight is 192 g/mol. The molecule has 0 aliphatic rings. The van der Waals surface area contributed by atoms with Gasteiger partial charge in [-0.1, -0.05) is 18.2 Å². The molecule has 1 aromatic carbocycles. The summed E-state index contributed by atoms with van der Waals surface area (Å²) in [5.74, 6) is 0. The van der Waals surface area contributed by atoms with E-state index < -0.39 is 6.03 Å². The molecule has 0 heterocycles. The van der Waals surface area contributed by atoms with Crippen LogP contribution in [0.3, 0.4) is 0 Å². The topological polar surface area (TPSA) is 66.6 Å². The maximum atomic E-state index is 10.8. The molecule has 1 aromatic rings. The van der Waals surface area contributed by atoms with E-state index in [4.69, 9.17) is 5.73 Å². The van der Waals surface area contributed by atoms with Crippen LogP contribution in [0.2, 0.25) is 0 Å². The van der Waals surface area contributed by atoms with Crippen molar-refractivity contribution in [2.45, 2.75) is 0 Å². The van der Waals surface area contributed by atoms with Crippen molar-refractivity contribution in [1.29, 1.82) is 0 Å². The Bertz CT molecular complexity index is 326. The zero-order valence-electron chi connectivity index (χ0n) is 7.68. The molecule has 0 spiro atoms. The molecule has 0 aromatic heterocycles. The highest BCUT2D eigenvalue weighted by atomic mass is 16.2. The lowest BCUT2D eigenvalue weighted by molar-refractivity contribution is 0.219. The standard InChI is InChI=1S/C9H10N3O2/c1-11(9(10)14)12(7-13)8-5-3-2-4-6-8/h2-6H,1H3,(H2,10,14). The van der Waals surface area contributed by atoms with E-state index in [1.807, 2.05) is 0 Å². The fourth-order valence-corrected chi connectivity index (χ4v) is 0.955. The van der Waals surface area contributed by atoms with Gasteiger partial charge in [0.2, 0.25) is 0 Å². The molecule has 14 heavy (non-hydrogen) atoms. The fraction of sp³-hybridized carbons (Fsp3) is 0.111. The normalized spacial score (nSPS) is 9.21. The number of primary amides is 1. The number of para-hydroxylation sites is 1. The molecular formula is C9H10N3O2. The number of urea groups is 1. The van der Waals surface area contributed by atoms with Crippen LogP contribution in [-0.2, 0) is 4.79 Å². The van der Waals surface area contributed by atoms with Crippen LogP contribution in [0.4, 0.5) is 10.5 Å². The Balaban J connectivity index is 2.93. The number of hydrogen-bond donors (Lipinski definition) is 1. The van der Waals surface area contributed by atoms with Crippen LogP contribution in [-0.4, -0.2) is 24.5 Å². The minimum atomic E-state index is -0.725. The molecule has 0 bridgehead atoms. The van der Waals surface area contributed by atoms with E-state index in [9.17, 15) is 9.59 Å². The Morgan fingerprint density at radius 3 is 2.36 bits per heavy atom. The Morgan fingerprint density at radius 2 is 1.93 bits per heavy atom. The van der Waals surface area contributed by atoms with Gasteiger partial charge in [0.15, 0.2) is 0 Å². The van der Waals surface area contributed by atoms with Gasteiger partial charge >= 0.3 is 12.4 Å². The smallest absolute Gasteiger partial charge is 0.337 e. The molecule has 5 nitrogen and oxygen atoms in total. The van der Waals surface area contributed by atoms with Crippen molar-refractivity contribution in [3.63, 3.8) is 0 Å². The summed E-state index contributed by atoms with van der Waals surface area (Å²) in [6, 6.07) is 7.91. The Kier molecular flexibility index (Phi) is 3.06. The summed E-state index contributed by atoms with van der Waals surface area (Å²) in [5, 5.41) is 1.98. The number of amides is 3. The van der Waals surface area contributed by atoms with Gasteiger partial charge in [0.1, 0.15) is 0 Å². The van der Waals surface area contributed by atoms with Crippen molar-refractivity contribution in [1.82, 2.24) is 5.01 Å². The molecule has 3 amide bonds. The van der Waals surface area contributed by atoms with Crippen LogP contribution < -0.4 is 10.7 Å². The van der Waals surface area contributed by atoms with Crippen LogP contribution in [0, 0.1) is 0 Å². The molecule has 5 heteroatoms. The van der Waals surface area contributed by atoms with E-state index >= 15 is 0 Å². The average Bonchev–Trinajstić information content (AvgIpc) is 2.20. The summed E-state index contributed by atoms with van der Waals surface area (Å²) in [6.07, 6.45) is 1.61. The van der Waals surface area contributed by atoms with Crippen molar-refractivity contribution >= 4 is 18.1 Å². The van der Waals surface area contributed by atoms with Crippen molar-refractivity contribution < 1.29 is 9.59 Å². The van der Waals surface area contributed by atoms with Crippen molar-refractivity contribution in [2.24, 2.45) is 5.73 Å². The summed E-state index contributed by atoms with van der Waals surface area (Å²) in [6.45, 7) is 0. The van der Waals surface area contributed by atoms with Gasteiger partial charge in [0, 0.05) is 7.05 Å². The summed E-state index contributed by atoms with van der Waals surface area (Å²) < 4.78 is 0. The Morgan fingerprint density at radius 1 is 1.36 bits per heavy atom. The van der Waals surface area contributed by atoms with E-state index in [1.165, 1.54) is 7.05 Å². The number of hydrogen-bond acceptors (Lipinski definition) is 2. The van der Waals surface area contributed by atoms with E-state index in [0.717, 1.165) is 10.0 Å². The number of hydrazine groups is 1. The van der Waals surface area contributed by atoms with Crippen LogP contribution in [0.5, 0.6) is 0 Å². The maximum absolute atomic E-state index is 10.8. The summed E-state index contributed by atoms with van der Waals surface area (Å²) >= 11 is 0. The van der Waals surface area contributed by atoms with Crippen LogP contribution in [0.25, 0.3) is 0 Å². The van der Waals surface area contributed by atoms with Gasteiger partial charge in [-0.2, -0.15) is 0 Å². The molecule has 0 atom stereocenters. The largest absolute Gasteiger partial charge is 0.350 e. The molecule has 1 rings (SSSR count). The third kappa shape index (κ3) is 2.01. The fourth-order valence-electron chi connectivity index (χ4n) is 0.955. The number of carbonyl (C=O) groups excluding carboxylic acids is 2. The molecule has 1 radical (unpaired) electrons. The molecule has 73 valence electrons. The first-order valence-corrected chi connectivity index (χ1v) is 3.93. The first kappa shape index (κ1) is 10.0. The van der Waals surface area contributed by atoms with Crippen molar-refractivity contribution in [2.75, 3.05) is 12.1 Å². The van der Waals surface area contributed by atoms with Crippen LogP contribution >= 0.6 is 0 Å². The Labute approximate surface area is 81.7 Å². The molecular weight excluding hydrogens is 182 g/mol. The molecule has 0 aliphatic carbocycles. The number of anilines is 1. The zero-order valence-corrected chi connectivity index (χ0v) is 7.68. The van der Waals surface area contributed by atoms with Gasteiger partial charge in [0.05, 0.1) is 5.69 Å². The van der Waals surface area contributed by atoms with Gasteiger partial charge in [-0.3, -0.25) is 4.79 Å². The maximum Gasteiger partial charge on any atom is 0.337 e. The highest BCUT2D eigenvalue weighted by Gasteiger charge is 2.14. The zero-order chi connectivity index (χ0) is 10.6. The van der Waals surface area contributed by atoms with E-state index in [0.29, 0.717) is 5.69 Å². The number of nitrogens with zero attached hydrogens (tertiary/aromatic N) is 2. The second kappa shape index (κ2) is 4.27. The van der Waals surface area contributed by atoms with E-state index in [-0.39, 0.29) is 0 Å². The highest BCUT2D eigenvalue weighted by molar-refractivity contribution is 5.83. The van der Waals surface area contributed by atoms with Gasteiger partial charge in [-0.05, 0) is 12.1 Å². The van der Waals surface area contributed by atoms with Gasteiger partial charge < -0.3 is 5.73 Å². The van der Waals surface area contributed by atoms with Gasteiger partial charge in [0.25, 0.3) is 0 Å². The molecule has 0 fully saturated rings. The second-order valence-corrected chi connectivity index (χ2v) is 2.60. The van der Waals surface area contributed by atoms with Crippen molar-refractivity contribution in [3.8, 4) is 0 Å². The number of benzene rings is 1. The van der Waals surface area contributed by atoms with Gasteiger partial charge in [-0.25, -0.2) is 14.8 Å². The number of carbonyl (C=O) groups is 1. The van der Waals surface area contributed by atoms with Crippen LogP contribution in [0.15, 0.2) is 30.3 Å². The number of nitrogens with two attached hydrogens (primary N) is 1. The molecule has 2 N–H and O–H groups in total. The monoisotopic (exact) mass is 192 g/mol.